The molecule has 5 heteroatoms. The summed E-state index contributed by atoms with van der Waals surface area (Å²) in [5.41, 5.74) is 0.166. The molecular formula is C17H25N3OS. The Balaban J connectivity index is 2.16. The highest BCUT2D eigenvalue weighted by Gasteiger charge is 2.25. The van der Waals surface area contributed by atoms with Crippen LogP contribution in [0.1, 0.15) is 56.3 Å². The molecule has 1 fully saturated rings. The minimum Gasteiger partial charge on any atom is -0.306 e. The molecule has 1 aliphatic heterocycles. The van der Waals surface area contributed by atoms with Gasteiger partial charge in [0.2, 0.25) is 0 Å². The van der Waals surface area contributed by atoms with E-state index in [2.05, 4.69) is 32.7 Å². The van der Waals surface area contributed by atoms with Crippen LogP contribution < -0.4 is 5.56 Å². The van der Waals surface area contributed by atoms with Gasteiger partial charge in [-0.25, -0.2) is 4.98 Å². The number of aromatic nitrogens is 2. The van der Waals surface area contributed by atoms with E-state index in [1.54, 1.807) is 11.3 Å². The SMILES string of the molecule is CCc1cc2c(=O)n(C3CCN(C)CC3)c(C(C)C)nc2s1. The monoisotopic (exact) mass is 319 g/mol. The first kappa shape index (κ1) is 15.7. The predicted octanol–water partition coefficient (Wildman–Crippen LogP) is 3.41. The largest absolute Gasteiger partial charge is 0.306 e. The number of likely N-dealkylation sites (tertiary alicyclic amines) is 1. The van der Waals surface area contributed by atoms with Gasteiger partial charge in [0.05, 0.1) is 5.39 Å². The molecule has 2 aromatic heterocycles. The predicted molar refractivity (Wildman–Crippen MR) is 93.1 cm³/mol. The second-order valence-electron chi connectivity index (χ2n) is 6.62. The topological polar surface area (TPSA) is 38.1 Å². The third-order valence-corrected chi connectivity index (χ3v) is 5.77. The number of rotatable bonds is 3. The Hall–Kier alpha value is -1.20. The van der Waals surface area contributed by atoms with Crippen molar-refractivity contribution in [3.63, 3.8) is 0 Å². The summed E-state index contributed by atoms with van der Waals surface area (Å²) < 4.78 is 2.01. The summed E-state index contributed by atoms with van der Waals surface area (Å²) in [6.45, 7) is 8.50. The standard InChI is InChI=1S/C17H25N3OS/c1-5-13-10-14-16(22-13)18-15(11(2)3)20(17(14)21)12-6-8-19(4)9-7-12/h10-12H,5-9H2,1-4H3. The Labute approximate surface area is 135 Å². The molecule has 0 aromatic carbocycles. The van der Waals surface area contributed by atoms with Gasteiger partial charge in [-0.05, 0) is 45.5 Å². The third-order valence-electron chi connectivity index (χ3n) is 4.59. The lowest BCUT2D eigenvalue weighted by molar-refractivity contribution is 0.215. The quantitative estimate of drug-likeness (QED) is 0.870. The molecular weight excluding hydrogens is 294 g/mol. The van der Waals surface area contributed by atoms with Gasteiger partial charge in [-0.2, -0.15) is 0 Å². The average molecular weight is 319 g/mol. The molecule has 0 atom stereocenters. The van der Waals surface area contributed by atoms with Crippen LogP contribution in [0, 0.1) is 0 Å². The van der Waals surface area contributed by atoms with Gasteiger partial charge in [0.25, 0.3) is 5.56 Å². The molecule has 0 aliphatic carbocycles. The van der Waals surface area contributed by atoms with Crippen LogP contribution in [0.4, 0.5) is 0 Å². The minimum atomic E-state index is 0.166. The summed E-state index contributed by atoms with van der Waals surface area (Å²) >= 11 is 1.67. The molecule has 4 nitrogen and oxygen atoms in total. The zero-order chi connectivity index (χ0) is 15.9. The van der Waals surface area contributed by atoms with Gasteiger partial charge in [-0.1, -0.05) is 20.8 Å². The van der Waals surface area contributed by atoms with Crippen LogP contribution in [0.5, 0.6) is 0 Å². The summed E-state index contributed by atoms with van der Waals surface area (Å²) in [6.07, 6.45) is 3.04. The minimum absolute atomic E-state index is 0.166. The van der Waals surface area contributed by atoms with Gasteiger partial charge >= 0.3 is 0 Å². The molecule has 3 heterocycles. The van der Waals surface area contributed by atoms with Gasteiger partial charge in [-0.3, -0.25) is 9.36 Å². The lowest BCUT2D eigenvalue weighted by Gasteiger charge is -2.31. The summed E-state index contributed by atoms with van der Waals surface area (Å²) in [7, 11) is 2.15. The van der Waals surface area contributed by atoms with E-state index in [4.69, 9.17) is 4.98 Å². The van der Waals surface area contributed by atoms with Crippen molar-refractivity contribution >= 4 is 21.6 Å². The summed E-state index contributed by atoms with van der Waals surface area (Å²) in [5.74, 6) is 1.22. The highest BCUT2D eigenvalue weighted by molar-refractivity contribution is 7.18. The molecule has 1 saturated heterocycles. The second kappa shape index (κ2) is 6.13. The molecule has 0 radical (unpaired) electrons. The van der Waals surface area contributed by atoms with Crippen LogP contribution >= 0.6 is 11.3 Å². The molecule has 3 rings (SSSR count). The van der Waals surface area contributed by atoms with E-state index in [-0.39, 0.29) is 11.5 Å². The summed E-state index contributed by atoms with van der Waals surface area (Å²) in [4.78, 5) is 22.4. The van der Waals surface area contributed by atoms with Crippen LogP contribution in [-0.4, -0.2) is 34.6 Å². The fourth-order valence-electron chi connectivity index (χ4n) is 3.25. The van der Waals surface area contributed by atoms with Crippen molar-refractivity contribution in [2.75, 3.05) is 20.1 Å². The van der Waals surface area contributed by atoms with E-state index in [0.29, 0.717) is 6.04 Å². The highest BCUT2D eigenvalue weighted by atomic mass is 32.1. The van der Waals surface area contributed by atoms with Crippen LogP contribution in [-0.2, 0) is 6.42 Å². The van der Waals surface area contributed by atoms with Crippen molar-refractivity contribution < 1.29 is 0 Å². The maximum Gasteiger partial charge on any atom is 0.262 e. The molecule has 0 bridgehead atoms. The van der Waals surface area contributed by atoms with Gasteiger partial charge < -0.3 is 4.90 Å². The molecule has 1 aliphatic rings. The zero-order valence-electron chi connectivity index (χ0n) is 13.9. The fourth-order valence-corrected chi connectivity index (χ4v) is 4.21. The zero-order valence-corrected chi connectivity index (χ0v) is 14.7. The molecule has 0 saturated carbocycles. The lowest BCUT2D eigenvalue weighted by Crippen LogP contribution is -2.37. The van der Waals surface area contributed by atoms with Crippen molar-refractivity contribution in [3.05, 3.63) is 27.1 Å². The van der Waals surface area contributed by atoms with E-state index in [1.165, 1.54) is 4.88 Å². The Morgan fingerprint density at radius 2 is 2.05 bits per heavy atom. The van der Waals surface area contributed by atoms with E-state index >= 15 is 0 Å². The number of aryl methyl sites for hydroxylation is 1. The summed E-state index contributed by atoms with van der Waals surface area (Å²) in [6, 6.07) is 2.34. The molecule has 0 spiro atoms. The van der Waals surface area contributed by atoms with Crippen LogP contribution in [0.25, 0.3) is 10.2 Å². The van der Waals surface area contributed by atoms with Gasteiger partial charge in [0.15, 0.2) is 0 Å². The molecule has 22 heavy (non-hydrogen) atoms. The summed E-state index contributed by atoms with van der Waals surface area (Å²) in [5, 5.41) is 0.810. The molecule has 0 amide bonds. The maximum atomic E-state index is 13.1. The van der Waals surface area contributed by atoms with Crippen LogP contribution in [0.2, 0.25) is 0 Å². The first-order chi connectivity index (χ1) is 10.5. The van der Waals surface area contributed by atoms with E-state index in [1.807, 2.05) is 10.6 Å². The number of nitrogens with zero attached hydrogens (tertiary/aromatic N) is 3. The van der Waals surface area contributed by atoms with E-state index in [0.717, 1.165) is 48.4 Å². The fraction of sp³-hybridized carbons (Fsp3) is 0.647. The van der Waals surface area contributed by atoms with Crippen molar-refractivity contribution in [2.24, 2.45) is 0 Å². The lowest BCUT2D eigenvalue weighted by atomic mass is 10.0. The van der Waals surface area contributed by atoms with Gasteiger partial charge in [-0.15, -0.1) is 11.3 Å². The van der Waals surface area contributed by atoms with Crippen molar-refractivity contribution in [1.29, 1.82) is 0 Å². The van der Waals surface area contributed by atoms with E-state index < -0.39 is 0 Å². The number of fused-ring (bicyclic) bond motifs is 1. The first-order valence-corrected chi connectivity index (χ1v) is 9.06. The van der Waals surface area contributed by atoms with Crippen molar-refractivity contribution in [2.45, 2.75) is 52.0 Å². The first-order valence-electron chi connectivity index (χ1n) is 8.24. The second-order valence-corrected chi connectivity index (χ2v) is 7.73. The highest BCUT2D eigenvalue weighted by Crippen LogP contribution is 2.28. The van der Waals surface area contributed by atoms with Gasteiger partial charge in [0.1, 0.15) is 10.7 Å². The Morgan fingerprint density at radius 3 is 2.64 bits per heavy atom. The number of hydrogen-bond acceptors (Lipinski definition) is 4. The third kappa shape index (κ3) is 2.72. The van der Waals surface area contributed by atoms with Crippen LogP contribution in [0.3, 0.4) is 0 Å². The molecule has 0 unspecified atom stereocenters. The maximum absolute atomic E-state index is 13.1. The van der Waals surface area contributed by atoms with Crippen molar-refractivity contribution in [3.8, 4) is 0 Å². The molecule has 0 N–H and O–H groups in total. The van der Waals surface area contributed by atoms with Crippen molar-refractivity contribution in [1.82, 2.24) is 14.5 Å². The Bertz CT molecular complexity index is 723. The molecule has 2 aromatic rings. The van der Waals surface area contributed by atoms with Crippen LogP contribution in [0.15, 0.2) is 10.9 Å². The number of thiophene rings is 1. The smallest absolute Gasteiger partial charge is 0.262 e. The average Bonchev–Trinajstić information content (AvgIpc) is 2.92. The van der Waals surface area contributed by atoms with E-state index in [9.17, 15) is 4.79 Å². The Kier molecular flexibility index (Phi) is 4.37. The molecule has 120 valence electrons. The van der Waals surface area contributed by atoms with Gasteiger partial charge in [0, 0.05) is 16.8 Å². The normalized spacial score (nSPS) is 17.7. The number of piperidine rings is 1. The number of hydrogen-bond donors (Lipinski definition) is 0. The Morgan fingerprint density at radius 1 is 1.36 bits per heavy atom.